The summed E-state index contributed by atoms with van der Waals surface area (Å²) in [4.78, 5) is 0. The van der Waals surface area contributed by atoms with Crippen molar-refractivity contribution < 1.29 is 14.2 Å². The second-order valence-corrected chi connectivity index (χ2v) is 4.43. The summed E-state index contributed by atoms with van der Waals surface area (Å²) in [6.45, 7) is 0. The Morgan fingerprint density at radius 1 is 1.12 bits per heavy atom. The predicted octanol–water partition coefficient (Wildman–Crippen LogP) is 2.08. The molecule has 1 aromatic carbocycles. The molecule has 0 heterocycles. The quantitative estimate of drug-likeness (QED) is 0.845. The van der Waals surface area contributed by atoms with Gasteiger partial charge >= 0.3 is 0 Å². The number of hydrogen-bond acceptors (Lipinski definition) is 5. The summed E-state index contributed by atoms with van der Waals surface area (Å²) < 4.78 is 15.8. The van der Waals surface area contributed by atoms with Crippen molar-refractivity contribution in [2.75, 3.05) is 33.3 Å². The van der Waals surface area contributed by atoms with E-state index in [4.69, 9.17) is 19.9 Å². The van der Waals surface area contributed by atoms with Gasteiger partial charge in [-0.3, -0.25) is 0 Å². The lowest BCUT2D eigenvalue weighted by Gasteiger charge is -2.17. The first-order chi connectivity index (χ1) is 8.17. The predicted molar refractivity (Wildman–Crippen MR) is 71.4 cm³/mol. The maximum atomic E-state index is 6.07. The van der Waals surface area contributed by atoms with Crippen molar-refractivity contribution in [3.05, 3.63) is 17.7 Å². The maximum Gasteiger partial charge on any atom is 0.203 e. The van der Waals surface area contributed by atoms with E-state index in [2.05, 4.69) is 0 Å². The molecule has 1 rings (SSSR count). The van der Waals surface area contributed by atoms with Crippen molar-refractivity contribution in [3.8, 4) is 17.2 Å². The number of benzene rings is 1. The summed E-state index contributed by atoms with van der Waals surface area (Å²) >= 11 is 1.70. The van der Waals surface area contributed by atoms with E-state index in [9.17, 15) is 0 Å². The molecule has 0 bridgehead atoms. The van der Waals surface area contributed by atoms with Crippen LogP contribution in [0.25, 0.3) is 0 Å². The second-order valence-electron chi connectivity index (χ2n) is 3.52. The van der Waals surface area contributed by atoms with Gasteiger partial charge in [0.2, 0.25) is 5.75 Å². The summed E-state index contributed by atoms with van der Waals surface area (Å²) in [5.41, 5.74) is 7.05. The van der Waals surface area contributed by atoms with Gasteiger partial charge in [-0.05, 0) is 24.0 Å². The molecule has 0 saturated carbocycles. The molecule has 0 aliphatic rings. The molecule has 0 saturated heterocycles. The van der Waals surface area contributed by atoms with Gasteiger partial charge in [-0.2, -0.15) is 11.8 Å². The van der Waals surface area contributed by atoms with E-state index in [1.54, 1.807) is 33.1 Å². The third kappa shape index (κ3) is 3.20. The van der Waals surface area contributed by atoms with Gasteiger partial charge in [0.25, 0.3) is 0 Å². The summed E-state index contributed by atoms with van der Waals surface area (Å²) in [6, 6.07) is 3.74. The lowest BCUT2D eigenvalue weighted by Crippen LogP contribution is -2.13. The zero-order chi connectivity index (χ0) is 12.8. The Morgan fingerprint density at radius 3 is 2.00 bits per heavy atom. The first kappa shape index (κ1) is 14.0. The Bertz CT molecular complexity index is 346. The lowest BCUT2D eigenvalue weighted by atomic mass is 10.1. The van der Waals surface area contributed by atoms with E-state index < -0.39 is 0 Å². The topological polar surface area (TPSA) is 53.7 Å². The molecule has 0 amide bonds. The van der Waals surface area contributed by atoms with E-state index in [1.165, 1.54) is 0 Å². The molecule has 0 aromatic heterocycles. The minimum Gasteiger partial charge on any atom is -0.493 e. The average Bonchev–Trinajstić information content (AvgIpc) is 2.37. The van der Waals surface area contributed by atoms with Crippen molar-refractivity contribution >= 4 is 11.8 Å². The van der Waals surface area contributed by atoms with E-state index in [1.807, 2.05) is 18.4 Å². The van der Waals surface area contributed by atoms with Crippen molar-refractivity contribution in [3.63, 3.8) is 0 Å². The largest absolute Gasteiger partial charge is 0.493 e. The smallest absolute Gasteiger partial charge is 0.203 e. The summed E-state index contributed by atoms with van der Waals surface area (Å²) in [6.07, 6.45) is 2.03. The van der Waals surface area contributed by atoms with Crippen LogP contribution in [-0.2, 0) is 0 Å². The van der Waals surface area contributed by atoms with Crippen LogP contribution in [0.3, 0.4) is 0 Å². The Balaban J connectivity index is 3.17. The Morgan fingerprint density at radius 2 is 1.65 bits per heavy atom. The minimum absolute atomic E-state index is 0.0429. The van der Waals surface area contributed by atoms with Crippen LogP contribution in [0.1, 0.15) is 11.6 Å². The molecule has 96 valence electrons. The highest BCUT2D eigenvalue weighted by atomic mass is 32.2. The molecule has 5 heteroatoms. The van der Waals surface area contributed by atoms with Gasteiger partial charge in [-0.25, -0.2) is 0 Å². The van der Waals surface area contributed by atoms with Crippen molar-refractivity contribution in [2.24, 2.45) is 5.73 Å². The highest BCUT2D eigenvalue weighted by Gasteiger charge is 2.16. The normalized spacial score (nSPS) is 12.1. The average molecular weight is 257 g/mol. The number of ether oxygens (including phenoxy) is 3. The highest BCUT2D eigenvalue weighted by Crippen LogP contribution is 2.39. The van der Waals surface area contributed by atoms with Gasteiger partial charge < -0.3 is 19.9 Å². The number of thioether (sulfide) groups is 1. The van der Waals surface area contributed by atoms with E-state index in [0.717, 1.165) is 11.3 Å². The molecule has 1 atom stereocenters. The molecule has 0 aliphatic heterocycles. The monoisotopic (exact) mass is 257 g/mol. The number of nitrogens with two attached hydrogens (primary N) is 1. The molecule has 1 unspecified atom stereocenters. The summed E-state index contributed by atoms with van der Waals surface area (Å²) in [7, 11) is 4.78. The fourth-order valence-electron chi connectivity index (χ4n) is 1.59. The number of methoxy groups -OCH3 is 3. The summed E-state index contributed by atoms with van der Waals surface area (Å²) in [5, 5.41) is 0. The van der Waals surface area contributed by atoms with Gasteiger partial charge in [-0.1, -0.05) is 0 Å². The first-order valence-corrected chi connectivity index (χ1v) is 6.61. The van der Waals surface area contributed by atoms with Crippen LogP contribution < -0.4 is 19.9 Å². The van der Waals surface area contributed by atoms with Crippen LogP contribution in [0.2, 0.25) is 0 Å². The van der Waals surface area contributed by atoms with E-state index >= 15 is 0 Å². The van der Waals surface area contributed by atoms with Crippen LogP contribution in [-0.4, -0.2) is 33.3 Å². The minimum atomic E-state index is -0.0429. The molecule has 0 fully saturated rings. The van der Waals surface area contributed by atoms with E-state index in [0.29, 0.717) is 17.2 Å². The number of rotatable bonds is 6. The van der Waals surface area contributed by atoms with Crippen molar-refractivity contribution in [2.45, 2.75) is 6.04 Å². The molecular formula is C12H19NO3S. The number of hydrogen-bond donors (Lipinski definition) is 1. The zero-order valence-corrected chi connectivity index (χ0v) is 11.5. The fourth-order valence-corrected chi connectivity index (χ4v) is 2.14. The Hall–Kier alpha value is -1.07. The van der Waals surface area contributed by atoms with Crippen LogP contribution in [0, 0.1) is 0 Å². The standard InChI is InChI=1S/C12H19NO3S/c1-14-10-5-8(9(13)7-17-4)6-11(15-2)12(10)16-3/h5-6,9H,7,13H2,1-4H3. The molecule has 0 spiro atoms. The van der Waals surface area contributed by atoms with Crippen LogP contribution in [0.4, 0.5) is 0 Å². The molecule has 0 radical (unpaired) electrons. The Labute approximate surface area is 106 Å². The zero-order valence-electron chi connectivity index (χ0n) is 10.6. The van der Waals surface area contributed by atoms with Gasteiger partial charge in [0.1, 0.15) is 0 Å². The Kier molecular flexibility index (Phi) is 5.44. The van der Waals surface area contributed by atoms with Crippen molar-refractivity contribution in [1.82, 2.24) is 0 Å². The highest BCUT2D eigenvalue weighted by molar-refractivity contribution is 7.98. The maximum absolute atomic E-state index is 6.07. The van der Waals surface area contributed by atoms with Crippen LogP contribution in [0.5, 0.6) is 17.2 Å². The van der Waals surface area contributed by atoms with Gasteiger partial charge in [0.15, 0.2) is 11.5 Å². The fraction of sp³-hybridized carbons (Fsp3) is 0.500. The molecule has 2 N–H and O–H groups in total. The molecule has 1 aromatic rings. The third-order valence-corrected chi connectivity index (χ3v) is 3.15. The van der Waals surface area contributed by atoms with Gasteiger partial charge in [0, 0.05) is 11.8 Å². The van der Waals surface area contributed by atoms with Crippen LogP contribution in [0.15, 0.2) is 12.1 Å². The second kappa shape index (κ2) is 6.61. The van der Waals surface area contributed by atoms with Gasteiger partial charge in [0.05, 0.1) is 21.3 Å². The van der Waals surface area contributed by atoms with Crippen LogP contribution >= 0.6 is 11.8 Å². The third-order valence-electron chi connectivity index (χ3n) is 2.46. The van der Waals surface area contributed by atoms with Gasteiger partial charge in [-0.15, -0.1) is 0 Å². The SMILES string of the molecule is COc1cc(C(N)CSC)cc(OC)c1OC. The lowest BCUT2D eigenvalue weighted by molar-refractivity contribution is 0.323. The molecular weight excluding hydrogens is 238 g/mol. The molecule has 4 nitrogen and oxygen atoms in total. The molecule has 17 heavy (non-hydrogen) atoms. The summed E-state index contributed by atoms with van der Waals surface area (Å²) in [5.74, 6) is 2.71. The molecule has 0 aliphatic carbocycles. The van der Waals surface area contributed by atoms with Crippen molar-refractivity contribution in [1.29, 1.82) is 0 Å². The van der Waals surface area contributed by atoms with E-state index in [-0.39, 0.29) is 6.04 Å². The first-order valence-electron chi connectivity index (χ1n) is 5.22.